The van der Waals surface area contributed by atoms with Crippen molar-refractivity contribution < 1.29 is 0 Å². The van der Waals surface area contributed by atoms with Gasteiger partial charge in [-0.2, -0.15) is 0 Å². The lowest BCUT2D eigenvalue weighted by molar-refractivity contribution is 0.501. The van der Waals surface area contributed by atoms with E-state index in [1.165, 1.54) is 44.6 Å². The van der Waals surface area contributed by atoms with Crippen molar-refractivity contribution in [1.29, 1.82) is 0 Å². The minimum atomic E-state index is -0.0764. The molecule has 0 aliphatic rings. The summed E-state index contributed by atoms with van der Waals surface area (Å²) in [7, 11) is 0. The predicted molar refractivity (Wildman–Crippen MR) is 189 cm³/mol. The summed E-state index contributed by atoms with van der Waals surface area (Å²) in [5.41, 5.74) is 11.8. The van der Waals surface area contributed by atoms with E-state index >= 15 is 0 Å². The van der Waals surface area contributed by atoms with Gasteiger partial charge in [-0.1, -0.05) is 133 Å². The number of halogens is 1. The van der Waals surface area contributed by atoms with Crippen LogP contribution in [-0.4, -0.2) is 14.8 Å². The lowest BCUT2D eigenvalue weighted by Gasteiger charge is -2.28. The molecule has 0 radical (unpaired) electrons. The number of hydrogen-bond donors (Lipinski definition) is 0. The first kappa shape index (κ1) is 32.4. The fourth-order valence-electron chi connectivity index (χ4n) is 6.34. The molecule has 0 saturated heterocycles. The van der Waals surface area contributed by atoms with Gasteiger partial charge in [-0.3, -0.25) is 4.57 Å². The third-order valence-electron chi connectivity index (χ3n) is 8.48. The van der Waals surface area contributed by atoms with E-state index in [1.54, 1.807) is 0 Å². The highest BCUT2D eigenvalue weighted by Gasteiger charge is 2.35. The maximum Gasteiger partial charge on any atom is 0.168 e. The average Bonchev–Trinajstić information content (AvgIpc) is 3.39. The monoisotopic (exact) mass is 675 g/mol. The molecule has 4 aromatic rings. The average molecular weight is 676 g/mol. The lowest BCUT2D eigenvalue weighted by Crippen LogP contribution is -2.23. The van der Waals surface area contributed by atoms with Crippen LogP contribution in [0.5, 0.6) is 0 Å². The van der Waals surface area contributed by atoms with Gasteiger partial charge in [-0.15, -0.1) is 10.2 Å². The van der Waals surface area contributed by atoms with E-state index < -0.39 is 0 Å². The Morgan fingerprint density at radius 2 is 1.40 bits per heavy atom. The number of alkyl halides is 1. The smallest absolute Gasteiger partial charge is 0.168 e. The second-order valence-electron chi connectivity index (χ2n) is 13.0. The number of benzene rings is 3. The van der Waals surface area contributed by atoms with Gasteiger partial charge < -0.3 is 0 Å². The van der Waals surface area contributed by atoms with Crippen LogP contribution in [0.25, 0.3) is 28.2 Å². The third kappa shape index (κ3) is 6.69. The predicted octanol–water partition coefficient (Wildman–Crippen LogP) is 11.3. The van der Waals surface area contributed by atoms with Gasteiger partial charge in [0.15, 0.2) is 11.6 Å². The molecule has 1 heterocycles. The molecule has 0 atom stereocenters. The first-order valence-corrected chi connectivity index (χ1v) is 17.0. The van der Waals surface area contributed by atoms with Crippen LogP contribution in [0.4, 0.5) is 0 Å². The zero-order chi connectivity index (χ0) is 30.7. The molecule has 0 amide bonds. The van der Waals surface area contributed by atoms with Crippen molar-refractivity contribution in [2.45, 2.75) is 116 Å². The molecular formula is C38H50IN3. The highest BCUT2D eigenvalue weighted by Crippen LogP contribution is 2.43. The summed E-state index contributed by atoms with van der Waals surface area (Å²) >= 11 is 2.68. The zero-order valence-corrected chi connectivity index (χ0v) is 29.5. The highest BCUT2D eigenvalue weighted by molar-refractivity contribution is 14.1. The second-order valence-corrected chi connectivity index (χ2v) is 15.1. The minimum Gasteiger partial charge on any atom is -0.278 e. The second kappa shape index (κ2) is 13.4. The van der Waals surface area contributed by atoms with Gasteiger partial charge in [0.1, 0.15) is 0 Å². The molecule has 0 unspecified atom stereocenters. The minimum absolute atomic E-state index is 0.0764. The van der Waals surface area contributed by atoms with E-state index in [1.807, 2.05) is 0 Å². The van der Waals surface area contributed by atoms with E-state index in [0.717, 1.165) is 62.2 Å². The van der Waals surface area contributed by atoms with Gasteiger partial charge in [0.25, 0.3) is 0 Å². The van der Waals surface area contributed by atoms with Crippen LogP contribution < -0.4 is 0 Å². The van der Waals surface area contributed by atoms with Crippen LogP contribution in [0.3, 0.4) is 0 Å². The van der Waals surface area contributed by atoms with Crippen LogP contribution in [-0.2, 0) is 21.7 Å². The molecule has 0 aliphatic heterocycles. The fourth-order valence-corrected chi connectivity index (χ4v) is 7.77. The van der Waals surface area contributed by atoms with E-state index in [0.29, 0.717) is 0 Å². The maximum absolute atomic E-state index is 5.00. The van der Waals surface area contributed by atoms with Gasteiger partial charge in [0, 0.05) is 5.56 Å². The molecule has 0 bridgehead atoms. The summed E-state index contributed by atoms with van der Waals surface area (Å²) in [6, 6.07) is 20.7. The van der Waals surface area contributed by atoms with Gasteiger partial charge in [0.05, 0.1) is 9.11 Å². The van der Waals surface area contributed by atoms with Crippen molar-refractivity contribution in [3.8, 4) is 28.2 Å². The van der Waals surface area contributed by atoms with E-state index in [9.17, 15) is 0 Å². The first-order valence-electron chi connectivity index (χ1n) is 16.0. The molecule has 0 aliphatic carbocycles. The molecule has 3 aromatic carbocycles. The Kier molecular flexibility index (Phi) is 10.4. The summed E-state index contributed by atoms with van der Waals surface area (Å²) in [4.78, 5) is 0. The van der Waals surface area contributed by atoms with Crippen LogP contribution >= 0.6 is 22.6 Å². The van der Waals surface area contributed by atoms with Crippen molar-refractivity contribution in [1.82, 2.24) is 14.8 Å². The normalized spacial score (nSPS) is 12.2. The summed E-state index contributed by atoms with van der Waals surface area (Å²) in [6.07, 6.45) is 7.55. The maximum atomic E-state index is 5.00. The summed E-state index contributed by atoms with van der Waals surface area (Å²) in [5.74, 6) is 2.01. The Labute approximate surface area is 268 Å². The van der Waals surface area contributed by atoms with Crippen molar-refractivity contribution in [2.24, 2.45) is 0 Å². The molecule has 4 rings (SSSR count). The van der Waals surface area contributed by atoms with Crippen molar-refractivity contribution in [3.63, 3.8) is 0 Å². The molecule has 0 spiro atoms. The zero-order valence-electron chi connectivity index (χ0n) is 27.4. The molecule has 1 aromatic heterocycles. The van der Waals surface area contributed by atoms with Gasteiger partial charge in [0.2, 0.25) is 0 Å². The lowest BCUT2D eigenvalue weighted by atomic mass is 9.82. The SMILES string of the molecule is CCCc1cc(CC)ccc1-n1c(-c2cccc(-c3c(C)cc(C(C)(C)C)cc3C)c2)nnc1C(I)(CCC)CCC. The van der Waals surface area contributed by atoms with E-state index in [4.69, 9.17) is 10.2 Å². The Bertz CT molecular complexity index is 1490. The van der Waals surface area contributed by atoms with Crippen molar-refractivity contribution in [2.75, 3.05) is 0 Å². The number of aromatic nitrogens is 3. The number of nitrogens with zero attached hydrogens (tertiary/aromatic N) is 3. The largest absolute Gasteiger partial charge is 0.278 e. The van der Waals surface area contributed by atoms with Crippen LogP contribution in [0.1, 0.15) is 114 Å². The Morgan fingerprint density at radius 1 is 0.762 bits per heavy atom. The Hall–Kier alpha value is -2.47. The standard InChI is InChI=1S/C38H50IN3/c1-10-15-29-24-28(13-4)18-19-33(29)42-35(40-41-36(42)38(39,20-11-2)21-12-3)31-17-14-16-30(25-31)34-26(5)22-32(23-27(34)6)37(7,8)9/h14,16-19,22-25H,10-13,15,20-21H2,1-9H3. The van der Waals surface area contributed by atoms with Crippen LogP contribution in [0, 0.1) is 13.8 Å². The van der Waals surface area contributed by atoms with Gasteiger partial charge in [-0.25, -0.2) is 0 Å². The van der Waals surface area contributed by atoms with Crippen LogP contribution in [0.2, 0.25) is 0 Å². The number of hydrogen-bond acceptors (Lipinski definition) is 2. The molecule has 0 fully saturated rings. The quantitative estimate of drug-likeness (QED) is 0.117. The molecule has 224 valence electrons. The Balaban J connectivity index is 1.97. The molecule has 0 N–H and O–H groups in total. The van der Waals surface area contributed by atoms with Gasteiger partial charge >= 0.3 is 0 Å². The molecular weight excluding hydrogens is 625 g/mol. The molecule has 3 nitrogen and oxygen atoms in total. The summed E-state index contributed by atoms with van der Waals surface area (Å²) in [5, 5.41) is 9.98. The van der Waals surface area contributed by atoms with Gasteiger partial charge in [-0.05, 0) is 96.0 Å². The van der Waals surface area contributed by atoms with Crippen molar-refractivity contribution in [3.05, 3.63) is 88.2 Å². The molecule has 0 saturated carbocycles. The summed E-state index contributed by atoms with van der Waals surface area (Å²) < 4.78 is 2.33. The highest BCUT2D eigenvalue weighted by atomic mass is 127. The Morgan fingerprint density at radius 3 is 1.98 bits per heavy atom. The number of rotatable bonds is 11. The van der Waals surface area contributed by atoms with E-state index in [2.05, 4.69) is 144 Å². The molecule has 4 heteroatoms. The fraction of sp³-hybridized carbons (Fsp3) is 0.474. The van der Waals surface area contributed by atoms with E-state index in [-0.39, 0.29) is 8.84 Å². The topological polar surface area (TPSA) is 30.7 Å². The van der Waals surface area contributed by atoms with Crippen molar-refractivity contribution >= 4 is 22.6 Å². The number of aryl methyl sites for hydroxylation is 4. The summed E-state index contributed by atoms with van der Waals surface area (Å²) in [6.45, 7) is 20.4. The van der Waals surface area contributed by atoms with Crippen LogP contribution in [0.15, 0.2) is 54.6 Å². The first-order chi connectivity index (χ1) is 20.0. The third-order valence-corrected chi connectivity index (χ3v) is 10.0. The molecule has 42 heavy (non-hydrogen) atoms.